The monoisotopic (exact) mass is 280 g/mol. The molecule has 0 spiro atoms. The molecule has 2 aliphatic rings. The maximum Gasteiger partial charge on any atom is 0.118 e. The Hall–Kier alpha value is -0.280. The van der Waals surface area contributed by atoms with Gasteiger partial charge in [0.25, 0.3) is 0 Å². The van der Waals surface area contributed by atoms with Crippen molar-refractivity contribution in [1.29, 1.82) is 0 Å². The van der Waals surface area contributed by atoms with E-state index in [1.807, 2.05) is 0 Å². The van der Waals surface area contributed by atoms with Crippen molar-refractivity contribution < 1.29 is 4.74 Å². The summed E-state index contributed by atoms with van der Waals surface area (Å²) in [5.41, 5.74) is 1.45. The van der Waals surface area contributed by atoms with Crippen molar-refractivity contribution in [3.05, 3.63) is 29.8 Å². The number of ether oxygens (including phenoxy) is 1. The van der Waals surface area contributed by atoms with Crippen LogP contribution in [0.15, 0.2) is 24.3 Å². The summed E-state index contributed by atoms with van der Waals surface area (Å²) < 4.78 is 5.86. The van der Waals surface area contributed by atoms with Gasteiger partial charge < -0.3 is 4.74 Å². The molecule has 1 nitrogen and oxygen atoms in total. The molecule has 3 heteroatoms. The third kappa shape index (κ3) is 2.67. The molecular weight excluding hydrogens is 260 g/mol. The lowest BCUT2D eigenvalue weighted by atomic mass is 9.90. The SMILES string of the molecule is COc1ccc([C@@H]2SC[C@H]3CCCC[C@@H]3S2)cc1. The van der Waals surface area contributed by atoms with Crippen molar-refractivity contribution in [2.45, 2.75) is 35.5 Å². The van der Waals surface area contributed by atoms with Gasteiger partial charge in [-0.2, -0.15) is 0 Å². The van der Waals surface area contributed by atoms with Gasteiger partial charge in [-0.25, -0.2) is 0 Å². The summed E-state index contributed by atoms with van der Waals surface area (Å²) in [6, 6.07) is 8.63. The first-order valence-corrected chi connectivity index (χ1v) is 8.77. The smallest absolute Gasteiger partial charge is 0.118 e. The molecule has 18 heavy (non-hydrogen) atoms. The maximum absolute atomic E-state index is 5.23. The van der Waals surface area contributed by atoms with Crippen molar-refractivity contribution >= 4 is 23.5 Å². The largest absolute Gasteiger partial charge is 0.497 e. The Kier molecular flexibility index (Phi) is 4.10. The van der Waals surface area contributed by atoms with Crippen LogP contribution in [0.5, 0.6) is 5.75 Å². The van der Waals surface area contributed by atoms with E-state index in [1.54, 1.807) is 7.11 Å². The lowest BCUT2D eigenvalue weighted by molar-refractivity contribution is 0.401. The number of hydrogen-bond acceptors (Lipinski definition) is 3. The Morgan fingerprint density at radius 3 is 2.67 bits per heavy atom. The fourth-order valence-corrected chi connectivity index (χ4v) is 6.55. The highest BCUT2D eigenvalue weighted by atomic mass is 32.2. The molecule has 1 saturated carbocycles. The van der Waals surface area contributed by atoms with Crippen LogP contribution in [0.25, 0.3) is 0 Å². The summed E-state index contributed by atoms with van der Waals surface area (Å²) >= 11 is 4.34. The quantitative estimate of drug-likeness (QED) is 0.775. The van der Waals surface area contributed by atoms with E-state index in [9.17, 15) is 0 Å². The molecule has 1 aliphatic carbocycles. The maximum atomic E-state index is 5.23. The van der Waals surface area contributed by atoms with Crippen LogP contribution in [-0.4, -0.2) is 18.1 Å². The first-order chi connectivity index (χ1) is 8.86. The molecular formula is C15H20OS2. The van der Waals surface area contributed by atoms with Crippen LogP contribution in [0.2, 0.25) is 0 Å². The van der Waals surface area contributed by atoms with E-state index >= 15 is 0 Å². The van der Waals surface area contributed by atoms with Gasteiger partial charge in [-0.3, -0.25) is 0 Å². The molecule has 1 aliphatic heterocycles. The minimum Gasteiger partial charge on any atom is -0.497 e. The zero-order chi connectivity index (χ0) is 12.4. The van der Waals surface area contributed by atoms with Gasteiger partial charge in [-0.15, -0.1) is 23.5 Å². The number of thioether (sulfide) groups is 2. The van der Waals surface area contributed by atoms with Crippen LogP contribution in [0.4, 0.5) is 0 Å². The van der Waals surface area contributed by atoms with E-state index < -0.39 is 0 Å². The summed E-state index contributed by atoms with van der Waals surface area (Å²) in [5.74, 6) is 3.29. The van der Waals surface area contributed by atoms with Crippen molar-refractivity contribution in [2.75, 3.05) is 12.9 Å². The average molecular weight is 280 g/mol. The van der Waals surface area contributed by atoms with Gasteiger partial charge in [0.05, 0.1) is 11.7 Å². The Labute approximate surface area is 118 Å². The minimum absolute atomic E-state index is 0.634. The lowest BCUT2D eigenvalue weighted by Crippen LogP contribution is -2.28. The molecule has 2 fully saturated rings. The van der Waals surface area contributed by atoms with Crippen molar-refractivity contribution in [3.8, 4) is 5.75 Å². The third-order valence-electron chi connectivity index (χ3n) is 3.99. The number of rotatable bonds is 2. The van der Waals surface area contributed by atoms with Gasteiger partial charge in [0.1, 0.15) is 5.75 Å². The van der Waals surface area contributed by atoms with Crippen LogP contribution < -0.4 is 4.74 Å². The second-order valence-electron chi connectivity index (χ2n) is 5.16. The van der Waals surface area contributed by atoms with E-state index in [2.05, 4.69) is 47.8 Å². The summed E-state index contributed by atoms with van der Waals surface area (Å²) in [6.45, 7) is 0. The van der Waals surface area contributed by atoms with E-state index in [4.69, 9.17) is 4.74 Å². The average Bonchev–Trinajstić information content (AvgIpc) is 2.47. The lowest BCUT2D eigenvalue weighted by Gasteiger charge is -2.38. The number of fused-ring (bicyclic) bond motifs is 1. The molecule has 3 rings (SSSR count). The van der Waals surface area contributed by atoms with Crippen molar-refractivity contribution in [2.24, 2.45) is 5.92 Å². The summed E-state index contributed by atoms with van der Waals surface area (Å²) in [6.07, 6.45) is 5.78. The predicted octanol–water partition coefficient (Wildman–Crippen LogP) is 4.73. The zero-order valence-electron chi connectivity index (χ0n) is 10.8. The highest BCUT2D eigenvalue weighted by Crippen LogP contribution is 2.52. The van der Waals surface area contributed by atoms with Gasteiger partial charge in [-0.05, 0) is 42.2 Å². The van der Waals surface area contributed by atoms with Crippen LogP contribution in [0.1, 0.15) is 35.8 Å². The first-order valence-electron chi connectivity index (χ1n) is 6.78. The third-order valence-corrected chi connectivity index (χ3v) is 7.41. The summed E-state index contributed by atoms with van der Waals surface area (Å²) in [4.78, 5) is 0. The van der Waals surface area contributed by atoms with Crippen molar-refractivity contribution in [1.82, 2.24) is 0 Å². The summed E-state index contributed by atoms with van der Waals surface area (Å²) in [5, 5.41) is 0.909. The van der Waals surface area contributed by atoms with E-state index in [0.29, 0.717) is 4.58 Å². The van der Waals surface area contributed by atoms with Gasteiger partial charge >= 0.3 is 0 Å². The fraction of sp³-hybridized carbons (Fsp3) is 0.600. The second kappa shape index (κ2) is 5.79. The molecule has 0 radical (unpaired) electrons. The molecule has 0 amide bonds. The molecule has 1 aromatic rings. The van der Waals surface area contributed by atoms with E-state index in [1.165, 1.54) is 37.0 Å². The first kappa shape index (κ1) is 12.7. The minimum atomic E-state index is 0.634. The standard InChI is InChI=1S/C15H20OS2/c1-16-13-8-6-11(7-9-13)15-17-10-12-4-2-3-5-14(12)18-15/h6-9,12,14-15H,2-5,10H2,1H3/t12-,14+,15-/m1/s1. The Morgan fingerprint density at radius 2 is 1.89 bits per heavy atom. The molecule has 98 valence electrons. The number of methoxy groups -OCH3 is 1. The Bertz CT molecular complexity index is 390. The molecule has 3 atom stereocenters. The highest BCUT2D eigenvalue weighted by molar-refractivity contribution is 8.17. The molecule has 0 unspecified atom stereocenters. The Balaban J connectivity index is 1.69. The normalized spacial score (nSPS) is 31.7. The van der Waals surface area contributed by atoms with Gasteiger partial charge in [0.15, 0.2) is 0 Å². The van der Waals surface area contributed by atoms with Crippen LogP contribution in [0.3, 0.4) is 0 Å². The highest BCUT2D eigenvalue weighted by Gasteiger charge is 2.33. The van der Waals surface area contributed by atoms with E-state index in [0.717, 1.165) is 16.9 Å². The van der Waals surface area contributed by atoms with E-state index in [-0.39, 0.29) is 0 Å². The summed E-state index contributed by atoms with van der Waals surface area (Å²) in [7, 11) is 1.73. The molecule has 1 aromatic carbocycles. The van der Waals surface area contributed by atoms with Crippen LogP contribution in [0, 0.1) is 5.92 Å². The molecule has 1 heterocycles. The van der Waals surface area contributed by atoms with Gasteiger partial charge in [0.2, 0.25) is 0 Å². The molecule has 0 N–H and O–H groups in total. The molecule has 0 aromatic heterocycles. The zero-order valence-corrected chi connectivity index (χ0v) is 12.4. The van der Waals surface area contributed by atoms with Crippen LogP contribution in [-0.2, 0) is 0 Å². The number of hydrogen-bond donors (Lipinski definition) is 0. The Morgan fingerprint density at radius 1 is 1.11 bits per heavy atom. The predicted molar refractivity (Wildman–Crippen MR) is 81.5 cm³/mol. The molecule has 1 saturated heterocycles. The van der Waals surface area contributed by atoms with Gasteiger partial charge in [0, 0.05) is 5.25 Å². The van der Waals surface area contributed by atoms with Crippen molar-refractivity contribution in [3.63, 3.8) is 0 Å². The van der Waals surface area contributed by atoms with Gasteiger partial charge in [-0.1, -0.05) is 25.0 Å². The molecule has 0 bridgehead atoms. The fourth-order valence-electron chi connectivity index (χ4n) is 2.89. The second-order valence-corrected chi connectivity index (χ2v) is 7.94. The topological polar surface area (TPSA) is 9.23 Å². The van der Waals surface area contributed by atoms with Crippen LogP contribution >= 0.6 is 23.5 Å². The number of benzene rings is 1.